The fourth-order valence-corrected chi connectivity index (χ4v) is 3.12. The quantitative estimate of drug-likeness (QED) is 0.787. The van der Waals surface area contributed by atoms with E-state index in [1.807, 2.05) is 6.20 Å². The van der Waals surface area contributed by atoms with Crippen LogP contribution in [0.5, 0.6) is 0 Å². The number of hydrogen-bond acceptors (Lipinski definition) is 5. The Bertz CT molecular complexity index is 342. The molecule has 0 spiro atoms. The highest BCUT2D eigenvalue weighted by atomic mass is 32.1. The Labute approximate surface area is 107 Å². The van der Waals surface area contributed by atoms with Gasteiger partial charge in [0.15, 0.2) is 5.13 Å². The third kappa shape index (κ3) is 3.40. The summed E-state index contributed by atoms with van der Waals surface area (Å²) in [6.45, 7) is 5.98. The lowest BCUT2D eigenvalue weighted by Gasteiger charge is -2.19. The minimum absolute atomic E-state index is 0.649. The monoisotopic (exact) mass is 255 g/mol. The van der Waals surface area contributed by atoms with E-state index in [2.05, 4.69) is 22.1 Å². The van der Waals surface area contributed by atoms with Crippen LogP contribution in [-0.2, 0) is 11.3 Å². The maximum absolute atomic E-state index is 5.00. The molecule has 4 nitrogen and oxygen atoms in total. The number of nitrogens with one attached hydrogen (secondary N) is 1. The third-order valence-electron chi connectivity index (χ3n) is 3.12. The van der Waals surface area contributed by atoms with Crippen molar-refractivity contribution in [3.05, 3.63) is 11.1 Å². The van der Waals surface area contributed by atoms with Gasteiger partial charge in [0.2, 0.25) is 0 Å². The molecule has 1 aromatic rings. The van der Waals surface area contributed by atoms with Crippen LogP contribution >= 0.6 is 11.3 Å². The summed E-state index contributed by atoms with van der Waals surface area (Å²) in [5.74, 6) is 0. The highest BCUT2D eigenvalue weighted by Crippen LogP contribution is 2.29. The average molecular weight is 255 g/mol. The van der Waals surface area contributed by atoms with Crippen molar-refractivity contribution in [2.75, 3.05) is 31.7 Å². The van der Waals surface area contributed by atoms with Gasteiger partial charge in [0.25, 0.3) is 0 Å². The Morgan fingerprint density at radius 2 is 2.53 bits per heavy atom. The smallest absolute Gasteiger partial charge is 0.185 e. The molecule has 1 aliphatic heterocycles. The molecule has 0 saturated carbocycles. The normalized spacial score (nSPS) is 20.1. The van der Waals surface area contributed by atoms with Crippen molar-refractivity contribution in [2.24, 2.45) is 0 Å². The van der Waals surface area contributed by atoms with Crippen molar-refractivity contribution >= 4 is 16.5 Å². The summed E-state index contributed by atoms with van der Waals surface area (Å²) < 4.78 is 5.00. The highest BCUT2D eigenvalue weighted by Gasteiger charge is 2.22. The number of anilines is 1. The van der Waals surface area contributed by atoms with Gasteiger partial charge in [-0.3, -0.25) is 0 Å². The number of thiazole rings is 1. The molecule has 96 valence electrons. The van der Waals surface area contributed by atoms with Crippen molar-refractivity contribution < 1.29 is 4.74 Å². The van der Waals surface area contributed by atoms with Gasteiger partial charge in [0.1, 0.15) is 0 Å². The lowest BCUT2D eigenvalue weighted by atomic mass is 10.2. The third-order valence-corrected chi connectivity index (χ3v) is 4.16. The second-order valence-corrected chi connectivity index (χ2v) is 5.56. The van der Waals surface area contributed by atoms with Crippen molar-refractivity contribution in [3.63, 3.8) is 0 Å². The molecule has 2 rings (SSSR count). The maximum Gasteiger partial charge on any atom is 0.185 e. The fraction of sp³-hybridized carbons (Fsp3) is 0.750. The molecule has 0 aromatic carbocycles. The molecule has 1 aliphatic rings. The first-order chi connectivity index (χ1) is 8.31. The van der Waals surface area contributed by atoms with Gasteiger partial charge in [-0.2, -0.15) is 0 Å². The molecule has 1 fully saturated rings. The van der Waals surface area contributed by atoms with E-state index in [1.54, 1.807) is 18.4 Å². The largest absolute Gasteiger partial charge is 0.383 e. The Morgan fingerprint density at radius 1 is 1.65 bits per heavy atom. The summed E-state index contributed by atoms with van der Waals surface area (Å²) in [7, 11) is 1.72. The van der Waals surface area contributed by atoms with Crippen molar-refractivity contribution in [1.82, 2.24) is 10.3 Å². The number of methoxy groups -OCH3 is 1. The van der Waals surface area contributed by atoms with E-state index < -0.39 is 0 Å². The molecule has 1 aromatic heterocycles. The molecule has 2 heterocycles. The molecule has 5 heteroatoms. The standard InChI is InChI=1S/C12H21N3OS/c1-10-4-3-6-15(10)12-14-9-11(17-12)8-13-5-7-16-2/h9-10,13H,3-8H2,1-2H3. The molecule has 17 heavy (non-hydrogen) atoms. The molecular weight excluding hydrogens is 234 g/mol. The summed E-state index contributed by atoms with van der Waals surface area (Å²) in [5, 5.41) is 4.52. The van der Waals surface area contributed by atoms with E-state index in [9.17, 15) is 0 Å². The zero-order chi connectivity index (χ0) is 12.1. The summed E-state index contributed by atoms with van der Waals surface area (Å²) >= 11 is 1.80. The zero-order valence-electron chi connectivity index (χ0n) is 10.6. The Morgan fingerprint density at radius 3 is 3.24 bits per heavy atom. The molecule has 1 unspecified atom stereocenters. The van der Waals surface area contributed by atoms with Crippen LogP contribution in [0.3, 0.4) is 0 Å². The van der Waals surface area contributed by atoms with Gasteiger partial charge in [-0.05, 0) is 19.8 Å². The Balaban J connectivity index is 1.83. The second kappa shape index (κ2) is 6.33. The van der Waals surface area contributed by atoms with E-state index in [1.165, 1.54) is 22.9 Å². The number of nitrogens with zero attached hydrogens (tertiary/aromatic N) is 2. The van der Waals surface area contributed by atoms with Gasteiger partial charge in [-0.25, -0.2) is 4.98 Å². The van der Waals surface area contributed by atoms with Crippen molar-refractivity contribution in [3.8, 4) is 0 Å². The number of ether oxygens (including phenoxy) is 1. The Hall–Kier alpha value is -0.650. The molecule has 1 atom stereocenters. The summed E-state index contributed by atoms with van der Waals surface area (Å²) in [4.78, 5) is 8.24. The SMILES string of the molecule is COCCNCc1cnc(N2CCCC2C)s1. The van der Waals surface area contributed by atoms with Gasteiger partial charge < -0.3 is 15.0 Å². The van der Waals surface area contributed by atoms with Gasteiger partial charge in [-0.15, -0.1) is 11.3 Å². The first-order valence-corrected chi connectivity index (χ1v) is 7.04. The fourth-order valence-electron chi connectivity index (χ4n) is 2.11. The van der Waals surface area contributed by atoms with Crippen molar-refractivity contribution in [1.29, 1.82) is 0 Å². The average Bonchev–Trinajstić information content (AvgIpc) is 2.93. The van der Waals surface area contributed by atoms with E-state index in [0.717, 1.165) is 26.2 Å². The van der Waals surface area contributed by atoms with Crippen LogP contribution in [0.1, 0.15) is 24.6 Å². The van der Waals surface area contributed by atoms with E-state index in [4.69, 9.17) is 4.74 Å². The zero-order valence-corrected chi connectivity index (χ0v) is 11.4. The topological polar surface area (TPSA) is 37.4 Å². The van der Waals surface area contributed by atoms with Crippen LogP contribution in [-0.4, -0.2) is 37.8 Å². The number of aromatic nitrogens is 1. The van der Waals surface area contributed by atoms with E-state index in [-0.39, 0.29) is 0 Å². The minimum Gasteiger partial charge on any atom is -0.383 e. The summed E-state index contributed by atoms with van der Waals surface area (Å²) in [6.07, 6.45) is 4.58. The van der Waals surface area contributed by atoms with Crippen LogP contribution in [0, 0.1) is 0 Å². The molecular formula is C12H21N3OS. The maximum atomic E-state index is 5.00. The summed E-state index contributed by atoms with van der Waals surface area (Å²) in [6, 6.07) is 0.649. The molecule has 0 bridgehead atoms. The second-order valence-electron chi connectivity index (χ2n) is 4.46. The van der Waals surface area contributed by atoms with Crippen LogP contribution in [0.25, 0.3) is 0 Å². The van der Waals surface area contributed by atoms with Crippen molar-refractivity contribution in [2.45, 2.75) is 32.4 Å². The molecule has 1 N–H and O–H groups in total. The predicted octanol–water partition coefficient (Wildman–Crippen LogP) is 1.87. The molecule has 0 amide bonds. The van der Waals surface area contributed by atoms with Crippen LogP contribution in [0.4, 0.5) is 5.13 Å². The predicted molar refractivity (Wildman–Crippen MR) is 71.7 cm³/mol. The van der Waals surface area contributed by atoms with Crippen LogP contribution < -0.4 is 10.2 Å². The van der Waals surface area contributed by atoms with Gasteiger partial charge in [0, 0.05) is 43.9 Å². The minimum atomic E-state index is 0.649. The number of rotatable bonds is 6. The molecule has 0 aliphatic carbocycles. The first-order valence-electron chi connectivity index (χ1n) is 6.22. The molecule has 0 radical (unpaired) electrons. The highest BCUT2D eigenvalue weighted by molar-refractivity contribution is 7.15. The van der Waals surface area contributed by atoms with E-state index >= 15 is 0 Å². The summed E-state index contributed by atoms with van der Waals surface area (Å²) in [5.41, 5.74) is 0. The first kappa shape index (κ1) is 12.8. The lowest BCUT2D eigenvalue weighted by Crippen LogP contribution is -2.25. The van der Waals surface area contributed by atoms with Crippen LogP contribution in [0.15, 0.2) is 6.20 Å². The number of hydrogen-bond donors (Lipinski definition) is 1. The lowest BCUT2D eigenvalue weighted by molar-refractivity contribution is 0.199. The Kier molecular flexibility index (Phi) is 4.76. The van der Waals surface area contributed by atoms with E-state index in [0.29, 0.717) is 6.04 Å². The molecule has 1 saturated heterocycles. The van der Waals surface area contributed by atoms with Crippen LogP contribution in [0.2, 0.25) is 0 Å². The van der Waals surface area contributed by atoms with Gasteiger partial charge >= 0.3 is 0 Å². The van der Waals surface area contributed by atoms with Gasteiger partial charge in [-0.1, -0.05) is 0 Å². The van der Waals surface area contributed by atoms with Gasteiger partial charge in [0.05, 0.1) is 6.61 Å².